The fourth-order valence-corrected chi connectivity index (χ4v) is 6.52. The maximum absolute atomic E-state index is 13.0. The monoisotopic (exact) mass is 813 g/mol. The molecule has 0 unspecified atom stereocenters. The van der Waals surface area contributed by atoms with Gasteiger partial charge in [0.2, 0.25) is 17.7 Å². The molecule has 6 atom stereocenters. The van der Waals surface area contributed by atoms with Gasteiger partial charge in [0.1, 0.15) is 36.1 Å². The normalized spacial score (nSPS) is 19.9. The Morgan fingerprint density at radius 3 is 1.91 bits per heavy atom. The van der Waals surface area contributed by atoms with E-state index in [0.717, 1.165) is 57.8 Å². The molecule has 2 rings (SSSR count). The molecule has 0 spiro atoms. The number of hydrogen-bond acceptors (Lipinski definition) is 13. The third kappa shape index (κ3) is 19.4. The maximum Gasteiger partial charge on any atom is 0.272 e. The number of carbonyl (C=O) groups excluding carboxylic acids is 3. The first-order chi connectivity index (χ1) is 27.5. The van der Waals surface area contributed by atoms with Gasteiger partial charge >= 0.3 is 0 Å². The fraction of sp³-hybridized carbons (Fsp3) is 0.829. The number of nitrogens with one attached hydrogen (secondary N) is 4. The molecule has 1 fully saturated rings. The van der Waals surface area contributed by atoms with Crippen LogP contribution in [-0.4, -0.2) is 114 Å². The number of carbonyl (C=O) groups is 3. The zero-order valence-corrected chi connectivity index (χ0v) is 34.4. The van der Waals surface area contributed by atoms with Crippen LogP contribution in [0, 0.1) is 0 Å². The Bertz CT molecular complexity index is 1340. The molecule has 0 aliphatic carbocycles. The highest BCUT2D eigenvalue weighted by Gasteiger charge is 2.44. The van der Waals surface area contributed by atoms with Gasteiger partial charge in [-0.05, 0) is 38.5 Å². The quantitative estimate of drug-likeness (QED) is 0.0369. The Labute approximate surface area is 337 Å². The predicted octanol–water partition coefficient (Wildman–Crippen LogP) is 2.45. The third-order valence-electron chi connectivity index (χ3n) is 10.2. The highest BCUT2D eigenvalue weighted by molar-refractivity contribution is 5.87. The Kier molecular flexibility index (Phi) is 26.3. The number of aliphatic hydroxyl groups excluding tert-OH is 4. The number of rotatable bonds is 34. The van der Waals surface area contributed by atoms with Crippen LogP contribution in [0.5, 0.6) is 5.75 Å². The molecule has 328 valence electrons. The van der Waals surface area contributed by atoms with E-state index in [-0.39, 0.29) is 30.6 Å². The van der Waals surface area contributed by atoms with Gasteiger partial charge in [-0.1, -0.05) is 90.9 Å². The maximum atomic E-state index is 13.0. The van der Waals surface area contributed by atoms with Gasteiger partial charge in [-0.15, -0.1) is 0 Å². The summed E-state index contributed by atoms with van der Waals surface area (Å²) in [5.74, 6) is -0.730. The number of hydrogen-bond donors (Lipinski definition) is 8. The summed E-state index contributed by atoms with van der Waals surface area (Å²) in [7, 11) is 0. The summed E-state index contributed by atoms with van der Waals surface area (Å²) >= 11 is 0. The van der Waals surface area contributed by atoms with Gasteiger partial charge < -0.3 is 55.9 Å². The molecule has 1 aliphatic rings. The van der Waals surface area contributed by atoms with Gasteiger partial charge in [-0.2, -0.15) is 0 Å². The van der Waals surface area contributed by atoms with Crippen LogP contribution in [0.4, 0.5) is 5.69 Å². The first kappa shape index (κ1) is 50.0. The number of aliphatic hydroxyl groups is 4. The Morgan fingerprint density at radius 2 is 1.23 bits per heavy atom. The van der Waals surface area contributed by atoms with Crippen molar-refractivity contribution in [1.29, 1.82) is 0 Å². The number of anilines is 1. The lowest BCUT2D eigenvalue weighted by atomic mass is 9.99. The smallest absolute Gasteiger partial charge is 0.272 e. The lowest BCUT2D eigenvalue weighted by molar-refractivity contribution is -0.301. The molecule has 1 aliphatic heterocycles. The zero-order chi connectivity index (χ0) is 41.8. The van der Waals surface area contributed by atoms with Crippen molar-refractivity contribution in [3.63, 3.8) is 0 Å². The average Bonchev–Trinajstić information content (AvgIpc) is 3.20. The molecule has 3 amide bonds. The van der Waals surface area contributed by atoms with Crippen LogP contribution in [0.2, 0.25) is 0 Å². The van der Waals surface area contributed by atoms with Crippen LogP contribution in [0.3, 0.4) is 0 Å². The minimum atomic E-state index is -1.64. The second kappa shape index (κ2) is 30.0. The minimum Gasteiger partial charge on any atom is -0.487 e. The second-order valence-corrected chi connectivity index (χ2v) is 15.1. The highest BCUT2D eigenvalue weighted by Crippen LogP contribution is 2.22. The van der Waals surface area contributed by atoms with Crippen molar-refractivity contribution in [1.82, 2.24) is 16.0 Å². The second-order valence-electron chi connectivity index (χ2n) is 15.1. The lowest BCUT2D eigenvalue weighted by Gasteiger charge is -2.39. The Balaban J connectivity index is 1.56. The molecule has 0 radical (unpaired) electrons. The Morgan fingerprint density at radius 1 is 0.667 bits per heavy atom. The molecule has 0 saturated carbocycles. The molecule has 0 bridgehead atoms. The van der Waals surface area contributed by atoms with Crippen LogP contribution < -0.4 is 36.9 Å². The molecular formula is C41H72N4O12. The predicted molar refractivity (Wildman–Crippen MR) is 217 cm³/mol. The van der Waals surface area contributed by atoms with Crippen molar-refractivity contribution in [2.45, 2.75) is 179 Å². The van der Waals surface area contributed by atoms with E-state index in [9.17, 15) is 44.4 Å². The number of amides is 3. The van der Waals surface area contributed by atoms with Gasteiger partial charge in [0.05, 0.1) is 19.8 Å². The van der Waals surface area contributed by atoms with E-state index < -0.39 is 60.1 Å². The van der Waals surface area contributed by atoms with Crippen molar-refractivity contribution in [3.05, 3.63) is 20.4 Å². The summed E-state index contributed by atoms with van der Waals surface area (Å²) in [6, 6.07) is -1.12. The molecule has 0 aromatic heterocycles. The summed E-state index contributed by atoms with van der Waals surface area (Å²) < 4.78 is 16.5. The van der Waals surface area contributed by atoms with E-state index in [0.29, 0.717) is 64.0 Å². The summed E-state index contributed by atoms with van der Waals surface area (Å²) in [5, 5.41) is 51.2. The molecular weight excluding hydrogens is 740 g/mol. The molecule has 1 aromatic carbocycles. The topological polar surface area (TPSA) is 242 Å². The average molecular weight is 813 g/mol. The van der Waals surface area contributed by atoms with Crippen LogP contribution in [0.25, 0.3) is 0 Å². The fourth-order valence-electron chi connectivity index (χ4n) is 6.52. The first-order valence-electron chi connectivity index (χ1n) is 21.5. The minimum absolute atomic E-state index is 0.0449. The van der Waals surface area contributed by atoms with Crippen molar-refractivity contribution >= 4 is 23.4 Å². The van der Waals surface area contributed by atoms with Gasteiger partial charge in [0, 0.05) is 32.5 Å². The number of unbranched alkanes of at least 4 members (excludes halogenated alkanes) is 14. The highest BCUT2D eigenvalue weighted by atomic mass is 16.7. The van der Waals surface area contributed by atoms with Gasteiger partial charge in [-0.3, -0.25) is 24.0 Å². The molecule has 16 heteroatoms. The summed E-state index contributed by atoms with van der Waals surface area (Å²) in [6.45, 7) is 5.07. The van der Waals surface area contributed by atoms with E-state index in [1.165, 1.54) is 32.1 Å². The van der Waals surface area contributed by atoms with E-state index in [2.05, 4.69) is 28.2 Å². The summed E-state index contributed by atoms with van der Waals surface area (Å²) in [5.41, 5.74) is -0.775. The van der Waals surface area contributed by atoms with Crippen LogP contribution in [0.15, 0.2) is 9.59 Å². The van der Waals surface area contributed by atoms with Gasteiger partial charge in [-0.25, -0.2) is 0 Å². The molecule has 1 aromatic rings. The van der Waals surface area contributed by atoms with Crippen LogP contribution in [0.1, 0.15) is 142 Å². The zero-order valence-electron chi connectivity index (χ0n) is 34.4. The molecule has 1 saturated heterocycles. The van der Waals surface area contributed by atoms with E-state index in [4.69, 9.17) is 14.2 Å². The van der Waals surface area contributed by atoms with Gasteiger partial charge in [0.15, 0.2) is 12.0 Å². The van der Waals surface area contributed by atoms with E-state index in [1.54, 1.807) is 0 Å². The van der Waals surface area contributed by atoms with Gasteiger partial charge in [0.25, 0.3) is 10.9 Å². The van der Waals surface area contributed by atoms with Crippen molar-refractivity contribution < 1.29 is 49.0 Å². The summed E-state index contributed by atoms with van der Waals surface area (Å²) in [4.78, 5) is 61.8. The van der Waals surface area contributed by atoms with Crippen molar-refractivity contribution in [3.8, 4) is 5.75 Å². The summed E-state index contributed by atoms with van der Waals surface area (Å²) in [6.07, 6.45) is 10.3. The van der Waals surface area contributed by atoms with Crippen molar-refractivity contribution in [2.24, 2.45) is 0 Å². The van der Waals surface area contributed by atoms with E-state index in [1.807, 2.05) is 6.92 Å². The standard InChI is InChI=1S/C41H72N4O12/c1-3-5-7-8-9-10-13-20-26-55-39-33(35(50)37(39)52)43-24-18-12-11-17-23-42-31(47)21-16-14-19-25-44-40(54)29(45-32(48)22-15-6-4-2)28-56-41-38(53)36(51)34(49)30(27-46)57-41/h29-30,34,36,38,41,43,46,49,51,53H,3-28H2,1-2H3,(H,42,47)(H,44,54)(H,45,48)/t29-,30+,34-,36-,38+,41+/m0/s1. The van der Waals surface area contributed by atoms with Crippen molar-refractivity contribution in [2.75, 3.05) is 44.8 Å². The molecule has 1 heterocycles. The Hall–Kier alpha value is -3.15. The SMILES string of the molecule is CCCCCCCCCCOc1c(NCCCCCCNC(=O)CCCCCNC(=O)[C@H](CO[C@@H]2O[C@H](CO)[C@H](O)[C@H](O)[C@H]2O)NC(=O)CCCCC)c(=O)c1=O. The number of ether oxygens (including phenoxy) is 3. The largest absolute Gasteiger partial charge is 0.487 e. The molecule has 57 heavy (non-hydrogen) atoms. The van der Waals surface area contributed by atoms with E-state index >= 15 is 0 Å². The first-order valence-corrected chi connectivity index (χ1v) is 21.5. The molecule has 16 nitrogen and oxygen atoms in total. The molecule has 8 N–H and O–H groups in total. The van der Waals surface area contributed by atoms with Crippen LogP contribution in [-0.2, 0) is 23.9 Å². The lowest BCUT2D eigenvalue weighted by Crippen LogP contribution is -2.60. The third-order valence-corrected chi connectivity index (χ3v) is 10.2. The van der Waals surface area contributed by atoms with Crippen LogP contribution >= 0.6 is 0 Å².